The maximum atomic E-state index is 13.4. The Morgan fingerprint density at radius 2 is 1.59 bits per heavy atom. The second-order valence-corrected chi connectivity index (χ2v) is 8.60. The minimum atomic E-state index is -4.41. The van der Waals surface area contributed by atoms with Crippen molar-refractivity contribution >= 4 is 17.4 Å². The van der Waals surface area contributed by atoms with E-state index in [9.17, 15) is 18.0 Å². The van der Waals surface area contributed by atoms with Crippen molar-refractivity contribution in [3.63, 3.8) is 0 Å². The van der Waals surface area contributed by atoms with Crippen molar-refractivity contribution < 1.29 is 18.0 Å². The first kappa shape index (κ1) is 23.8. The Balaban J connectivity index is 1.49. The van der Waals surface area contributed by atoms with E-state index in [1.807, 2.05) is 61.2 Å². The molecule has 1 N–H and O–H groups in total. The smallest absolute Gasteiger partial charge is 0.354 e. The first-order chi connectivity index (χ1) is 16.2. The number of aromatic nitrogens is 1. The summed E-state index contributed by atoms with van der Waals surface area (Å²) in [4.78, 5) is 21.5. The van der Waals surface area contributed by atoms with Crippen molar-refractivity contribution in [2.45, 2.75) is 26.1 Å². The zero-order valence-corrected chi connectivity index (χ0v) is 19.1. The van der Waals surface area contributed by atoms with E-state index in [2.05, 4.69) is 21.3 Å². The van der Waals surface area contributed by atoms with Crippen LogP contribution in [0.2, 0.25) is 0 Å². The van der Waals surface area contributed by atoms with Gasteiger partial charge in [0.2, 0.25) is 5.91 Å². The molecule has 0 aliphatic carbocycles. The van der Waals surface area contributed by atoms with Gasteiger partial charge in [0.15, 0.2) is 0 Å². The monoisotopic (exact) mass is 468 g/mol. The van der Waals surface area contributed by atoms with Crippen LogP contribution in [0.4, 0.5) is 24.7 Å². The lowest BCUT2D eigenvalue weighted by Gasteiger charge is -2.39. The van der Waals surface area contributed by atoms with Crippen molar-refractivity contribution in [2.75, 3.05) is 36.4 Å². The van der Waals surface area contributed by atoms with Crippen molar-refractivity contribution in [3.8, 4) is 0 Å². The number of rotatable bonds is 5. The minimum Gasteiger partial charge on any atom is -0.354 e. The third-order valence-electron chi connectivity index (χ3n) is 5.93. The van der Waals surface area contributed by atoms with Crippen LogP contribution >= 0.6 is 0 Å². The molecular weight excluding hydrogens is 441 g/mol. The number of carbonyl (C=O) groups is 1. The van der Waals surface area contributed by atoms with Gasteiger partial charge in [0.05, 0.1) is 5.56 Å². The lowest BCUT2D eigenvalue weighted by Crippen LogP contribution is -2.50. The first-order valence-electron chi connectivity index (χ1n) is 11.2. The number of anilines is 2. The maximum Gasteiger partial charge on any atom is 0.417 e. The summed E-state index contributed by atoms with van der Waals surface area (Å²) in [6.45, 7) is 6.24. The number of amides is 1. The molecule has 1 aliphatic rings. The lowest BCUT2D eigenvalue weighted by molar-refractivity contribution is -0.137. The predicted molar refractivity (Wildman–Crippen MR) is 127 cm³/mol. The van der Waals surface area contributed by atoms with Crippen molar-refractivity contribution in [1.82, 2.24) is 9.88 Å². The molecular formula is C26H27F3N4O. The molecule has 1 amide bonds. The molecule has 1 aliphatic heterocycles. The normalized spacial score (nSPS) is 15.7. The molecule has 2 heterocycles. The van der Waals surface area contributed by atoms with E-state index in [1.54, 1.807) is 0 Å². The van der Waals surface area contributed by atoms with Crippen LogP contribution in [-0.2, 0) is 11.0 Å². The van der Waals surface area contributed by atoms with Crippen molar-refractivity contribution in [1.29, 1.82) is 0 Å². The summed E-state index contributed by atoms with van der Waals surface area (Å²) in [5.74, 6) is 0.390. The summed E-state index contributed by atoms with van der Waals surface area (Å²) in [5, 5.41) is 3.07. The number of piperazine rings is 1. The number of halogens is 3. The number of hydrogen-bond donors (Lipinski definition) is 1. The molecule has 34 heavy (non-hydrogen) atoms. The second-order valence-electron chi connectivity index (χ2n) is 8.60. The molecule has 1 aromatic heterocycles. The Kier molecular flexibility index (Phi) is 6.88. The highest BCUT2D eigenvalue weighted by molar-refractivity contribution is 5.95. The molecule has 2 aromatic carbocycles. The summed E-state index contributed by atoms with van der Waals surface area (Å²) in [6.07, 6.45) is -3.54. The number of alkyl halides is 3. The number of benzene rings is 2. The Hall–Kier alpha value is -3.39. The van der Waals surface area contributed by atoms with E-state index in [1.165, 1.54) is 6.07 Å². The molecule has 1 fully saturated rings. The predicted octanol–water partition coefficient (Wildman–Crippen LogP) is 5.22. The molecule has 3 aromatic rings. The first-order valence-corrected chi connectivity index (χ1v) is 11.2. The molecule has 178 valence electrons. The fourth-order valence-electron chi connectivity index (χ4n) is 4.37. The molecule has 8 heteroatoms. The number of aryl methyl sites for hydroxylation is 2. The molecule has 0 bridgehead atoms. The average Bonchev–Trinajstić information content (AvgIpc) is 2.79. The van der Waals surface area contributed by atoms with E-state index in [-0.39, 0.29) is 5.91 Å². The lowest BCUT2D eigenvalue weighted by atomic mass is 10.0. The van der Waals surface area contributed by atoms with Gasteiger partial charge in [-0.1, -0.05) is 36.4 Å². The fourth-order valence-corrected chi connectivity index (χ4v) is 4.37. The SMILES string of the molecule is Cc1cc(C)cc(NC(=O)[C@@H](c2ccccc2)N2CCN(c3ccc(C(F)(F)F)cn3)CC2)c1. The molecule has 4 rings (SSSR count). The van der Waals surface area contributed by atoms with Crippen molar-refractivity contribution in [2.24, 2.45) is 0 Å². The molecule has 0 unspecified atom stereocenters. The number of nitrogens with one attached hydrogen (secondary N) is 1. The Morgan fingerprint density at radius 1 is 0.941 bits per heavy atom. The molecule has 5 nitrogen and oxygen atoms in total. The van der Waals surface area contributed by atoms with E-state index >= 15 is 0 Å². The highest BCUT2D eigenvalue weighted by Crippen LogP contribution is 2.30. The third-order valence-corrected chi connectivity index (χ3v) is 5.93. The van der Waals surface area contributed by atoms with Crippen LogP contribution in [-0.4, -0.2) is 42.0 Å². The van der Waals surface area contributed by atoms with Gasteiger partial charge in [0.25, 0.3) is 0 Å². The summed E-state index contributed by atoms with van der Waals surface area (Å²) >= 11 is 0. The quantitative estimate of drug-likeness (QED) is 0.558. The van der Waals surface area contributed by atoms with Gasteiger partial charge in [-0.05, 0) is 54.8 Å². The zero-order valence-electron chi connectivity index (χ0n) is 19.1. The molecule has 0 saturated carbocycles. The maximum absolute atomic E-state index is 13.4. The summed E-state index contributed by atoms with van der Waals surface area (Å²) in [6, 6.07) is 17.5. The van der Waals surface area contributed by atoms with Crippen LogP contribution in [0.15, 0.2) is 66.9 Å². The Morgan fingerprint density at radius 3 is 2.15 bits per heavy atom. The molecule has 1 saturated heterocycles. The second kappa shape index (κ2) is 9.85. The van der Waals surface area contributed by atoms with Crippen molar-refractivity contribution in [3.05, 3.63) is 89.1 Å². The van der Waals surface area contributed by atoms with E-state index in [0.29, 0.717) is 32.0 Å². The summed E-state index contributed by atoms with van der Waals surface area (Å²) < 4.78 is 38.5. The van der Waals surface area contributed by atoms with Gasteiger partial charge < -0.3 is 10.2 Å². The van der Waals surface area contributed by atoms with Crippen LogP contribution in [0, 0.1) is 13.8 Å². The number of hydrogen-bond acceptors (Lipinski definition) is 4. The van der Waals surface area contributed by atoms with Gasteiger partial charge >= 0.3 is 6.18 Å². The molecule has 0 radical (unpaired) electrons. The van der Waals surface area contributed by atoms with Gasteiger partial charge in [0.1, 0.15) is 11.9 Å². The fraction of sp³-hybridized carbons (Fsp3) is 0.308. The highest BCUT2D eigenvalue weighted by atomic mass is 19.4. The van der Waals surface area contributed by atoms with Crippen LogP contribution in [0.3, 0.4) is 0 Å². The number of carbonyl (C=O) groups excluding carboxylic acids is 1. The number of pyridine rings is 1. The minimum absolute atomic E-state index is 0.114. The Bertz CT molecular complexity index is 1100. The zero-order chi connectivity index (χ0) is 24.3. The van der Waals surface area contributed by atoms with Gasteiger partial charge in [-0.3, -0.25) is 9.69 Å². The summed E-state index contributed by atoms with van der Waals surface area (Å²) in [7, 11) is 0. The van der Waals surface area contributed by atoms with Gasteiger partial charge in [-0.2, -0.15) is 13.2 Å². The molecule has 1 atom stereocenters. The van der Waals surface area contributed by atoms with Crippen LogP contribution < -0.4 is 10.2 Å². The van der Waals surface area contributed by atoms with Gasteiger partial charge in [0, 0.05) is 38.1 Å². The average molecular weight is 469 g/mol. The summed E-state index contributed by atoms with van der Waals surface area (Å²) in [5.41, 5.74) is 3.04. The topological polar surface area (TPSA) is 48.5 Å². The number of nitrogens with zero attached hydrogens (tertiary/aromatic N) is 3. The van der Waals surface area contributed by atoms with Crippen LogP contribution in [0.25, 0.3) is 0 Å². The van der Waals surface area contributed by atoms with Gasteiger partial charge in [-0.25, -0.2) is 4.98 Å². The van der Waals surface area contributed by atoms with Crippen LogP contribution in [0.1, 0.15) is 28.3 Å². The molecule has 0 spiro atoms. The van der Waals surface area contributed by atoms with E-state index in [4.69, 9.17) is 0 Å². The Labute approximate surface area is 197 Å². The van der Waals surface area contributed by atoms with Gasteiger partial charge in [-0.15, -0.1) is 0 Å². The third kappa shape index (κ3) is 5.56. The standard InChI is InChI=1S/C26H27F3N4O/c1-18-14-19(2)16-22(15-18)31-25(34)24(20-6-4-3-5-7-20)33-12-10-32(11-13-33)23-9-8-21(17-30-23)26(27,28)29/h3-9,14-17,24H,10-13H2,1-2H3,(H,31,34)/t24-/m1/s1. The van der Waals surface area contributed by atoms with Crippen LogP contribution in [0.5, 0.6) is 0 Å². The van der Waals surface area contributed by atoms with E-state index in [0.717, 1.165) is 34.6 Å². The van der Waals surface area contributed by atoms with E-state index < -0.39 is 17.8 Å². The highest BCUT2D eigenvalue weighted by Gasteiger charge is 2.33. The largest absolute Gasteiger partial charge is 0.417 e.